The molecule has 0 saturated heterocycles. The Morgan fingerprint density at radius 2 is 2.11 bits per heavy atom. The molecular weight excluding hydrogens is 275 g/mol. The second-order valence-corrected chi connectivity index (χ2v) is 4.72. The smallest absolute Gasteiger partial charge is 0.257 e. The van der Waals surface area contributed by atoms with Crippen LogP contribution in [0.5, 0.6) is 5.88 Å². The van der Waals surface area contributed by atoms with Gasteiger partial charge in [0.2, 0.25) is 5.88 Å². The zero-order valence-corrected chi connectivity index (χ0v) is 11.0. The normalized spacial score (nSPS) is 10.6. The molecule has 6 heteroatoms. The number of aromatic amines is 1. The van der Waals surface area contributed by atoms with Crippen LogP contribution in [0.15, 0.2) is 23.0 Å². The summed E-state index contributed by atoms with van der Waals surface area (Å²) in [5.74, 6) is 0.0890. The third-order valence-electron chi connectivity index (χ3n) is 2.55. The fourth-order valence-corrected chi connectivity index (χ4v) is 1.97. The van der Waals surface area contributed by atoms with Crippen molar-refractivity contribution in [3.63, 3.8) is 0 Å². The summed E-state index contributed by atoms with van der Waals surface area (Å²) >= 11 is 11.8. The molecule has 18 heavy (non-hydrogen) atoms. The second kappa shape index (κ2) is 5.00. The zero-order valence-electron chi connectivity index (χ0n) is 9.50. The van der Waals surface area contributed by atoms with Crippen molar-refractivity contribution in [3.8, 4) is 5.88 Å². The van der Waals surface area contributed by atoms with Crippen LogP contribution in [0.1, 0.15) is 17.0 Å². The summed E-state index contributed by atoms with van der Waals surface area (Å²) in [5.41, 5.74) is 0.607. The van der Waals surface area contributed by atoms with Gasteiger partial charge in [0.05, 0.1) is 5.56 Å². The average Bonchev–Trinajstić information content (AvgIpc) is 2.29. The number of nitrogens with one attached hydrogen (secondary N) is 1. The monoisotopic (exact) mass is 284 g/mol. The molecule has 0 aliphatic heterocycles. The second-order valence-electron chi connectivity index (χ2n) is 3.87. The van der Waals surface area contributed by atoms with E-state index in [9.17, 15) is 9.90 Å². The van der Waals surface area contributed by atoms with Crippen molar-refractivity contribution in [2.75, 3.05) is 0 Å². The number of hydrogen-bond donors (Lipinski definition) is 2. The van der Waals surface area contributed by atoms with E-state index in [-0.39, 0.29) is 17.0 Å². The largest absolute Gasteiger partial charge is 0.493 e. The third kappa shape index (κ3) is 2.66. The summed E-state index contributed by atoms with van der Waals surface area (Å²) in [6.45, 7) is 1.50. The minimum Gasteiger partial charge on any atom is -0.493 e. The number of aromatic hydroxyl groups is 1. The Bertz CT molecular complexity index is 653. The maximum atomic E-state index is 11.5. The summed E-state index contributed by atoms with van der Waals surface area (Å²) in [7, 11) is 0. The highest BCUT2D eigenvalue weighted by atomic mass is 35.5. The minimum atomic E-state index is -0.359. The highest BCUT2D eigenvalue weighted by Gasteiger charge is 2.08. The van der Waals surface area contributed by atoms with Crippen molar-refractivity contribution in [1.29, 1.82) is 0 Å². The minimum absolute atomic E-state index is 0.195. The lowest BCUT2D eigenvalue weighted by molar-refractivity contribution is 0.443. The zero-order chi connectivity index (χ0) is 13.3. The lowest BCUT2D eigenvalue weighted by atomic mass is 10.1. The molecule has 2 aromatic rings. The molecule has 0 bridgehead atoms. The quantitative estimate of drug-likeness (QED) is 0.891. The van der Waals surface area contributed by atoms with Gasteiger partial charge in [0.25, 0.3) is 5.56 Å². The van der Waals surface area contributed by atoms with E-state index in [0.717, 1.165) is 5.56 Å². The van der Waals surface area contributed by atoms with Gasteiger partial charge in [-0.25, -0.2) is 0 Å². The summed E-state index contributed by atoms with van der Waals surface area (Å²) in [5, 5.41) is 10.5. The van der Waals surface area contributed by atoms with Gasteiger partial charge in [-0.05, 0) is 24.6 Å². The average molecular weight is 285 g/mol. The predicted molar refractivity (Wildman–Crippen MR) is 70.5 cm³/mol. The van der Waals surface area contributed by atoms with E-state index in [1.165, 1.54) is 6.92 Å². The molecular formula is C12H10Cl2N2O2. The number of rotatable bonds is 2. The number of aromatic nitrogens is 2. The van der Waals surface area contributed by atoms with Gasteiger partial charge in [0.1, 0.15) is 5.82 Å². The van der Waals surface area contributed by atoms with E-state index in [0.29, 0.717) is 22.3 Å². The summed E-state index contributed by atoms with van der Waals surface area (Å²) < 4.78 is 0. The molecule has 0 unspecified atom stereocenters. The van der Waals surface area contributed by atoms with Crippen LogP contribution in [-0.4, -0.2) is 15.1 Å². The van der Waals surface area contributed by atoms with Gasteiger partial charge in [-0.15, -0.1) is 0 Å². The maximum absolute atomic E-state index is 11.5. The van der Waals surface area contributed by atoms with Gasteiger partial charge in [-0.2, -0.15) is 4.98 Å². The first-order chi connectivity index (χ1) is 8.47. The third-order valence-corrected chi connectivity index (χ3v) is 3.13. The van der Waals surface area contributed by atoms with Crippen molar-refractivity contribution in [1.82, 2.24) is 9.97 Å². The molecule has 4 nitrogen and oxygen atoms in total. The molecule has 2 N–H and O–H groups in total. The van der Waals surface area contributed by atoms with Gasteiger partial charge in [-0.1, -0.05) is 29.3 Å². The van der Waals surface area contributed by atoms with Gasteiger partial charge in [-0.3, -0.25) is 4.79 Å². The van der Waals surface area contributed by atoms with Crippen LogP contribution < -0.4 is 5.56 Å². The van der Waals surface area contributed by atoms with Gasteiger partial charge < -0.3 is 10.1 Å². The topological polar surface area (TPSA) is 66.0 Å². The fraction of sp³-hybridized carbons (Fsp3) is 0.167. The van der Waals surface area contributed by atoms with Crippen molar-refractivity contribution < 1.29 is 5.11 Å². The van der Waals surface area contributed by atoms with Gasteiger partial charge >= 0.3 is 0 Å². The summed E-state index contributed by atoms with van der Waals surface area (Å²) in [4.78, 5) is 18.0. The van der Waals surface area contributed by atoms with Crippen molar-refractivity contribution in [2.24, 2.45) is 0 Å². The molecule has 1 aromatic heterocycles. The predicted octanol–water partition coefficient (Wildman–Crippen LogP) is 2.68. The molecule has 2 rings (SSSR count). The SMILES string of the molecule is Cc1c(O)nc(Cc2ccc(Cl)cc2Cl)[nH]c1=O. The molecule has 0 spiro atoms. The Labute approximate surface area is 113 Å². The molecule has 0 fully saturated rings. The van der Waals surface area contributed by atoms with E-state index in [1.54, 1.807) is 18.2 Å². The lowest BCUT2D eigenvalue weighted by Gasteiger charge is -2.05. The lowest BCUT2D eigenvalue weighted by Crippen LogP contribution is -2.14. The van der Waals surface area contributed by atoms with E-state index < -0.39 is 0 Å². The number of hydrogen-bond acceptors (Lipinski definition) is 3. The van der Waals surface area contributed by atoms with E-state index in [1.807, 2.05) is 0 Å². The molecule has 0 aliphatic rings. The molecule has 0 saturated carbocycles. The van der Waals surface area contributed by atoms with Crippen molar-refractivity contribution in [2.45, 2.75) is 13.3 Å². The summed E-state index contributed by atoms with van der Waals surface area (Å²) in [6.07, 6.45) is 0.319. The number of halogens is 2. The Morgan fingerprint density at radius 1 is 1.39 bits per heavy atom. The Balaban J connectivity index is 2.37. The van der Waals surface area contributed by atoms with E-state index in [4.69, 9.17) is 23.2 Å². The molecule has 0 amide bonds. The number of nitrogens with zero attached hydrogens (tertiary/aromatic N) is 1. The summed E-state index contributed by atoms with van der Waals surface area (Å²) in [6, 6.07) is 5.07. The van der Waals surface area contributed by atoms with Crippen LogP contribution in [0.4, 0.5) is 0 Å². The van der Waals surface area contributed by atoms with Crippen LogP contribution >= 0.6 is 23.2 Å². The molecule has 1 heterocycles. The van der Waals surface area contributed by atoms with Crippen LogP contribution in [0.25, 0.3) is 0 Å². The first-order valence-corrected chi connectivity index (χ1v) is 5.95. The molecule has 0 radical (unpaired) electrons. The van der Waals surface area contributed by atoms with Crippen LogP contribution in [0, 0.1) is 6.92 Å². The molecule has 0 aliphatic carbocycles. The van der Waals surface area contributed by atoms with Crippen molar-refractivity contribution in [3.05, 3.63) is 55.5 Å². The van der Waals surface area contributed by atoms with Gasteiger partial charge in [0, 0.05) is 16.5 Å². The highest BCUT2D eigenvalue weighted by Crippen LogP contribution is 2.22. The highest BCUT2D eigenvalue weighted by molar-refractivity contribution is 6.35. The van der Waals surface area contributed by atoms with Crippen molar-refractivity contribution >= 4 is 23.2 Å². The first-order valence-electron chi connectivity index (χ1n) is 5.20. The molecule has 0 atom stereocenters. The van der Waals surface area contributed by atoms with Gasteiger partial charge in [0.15, 0.2) is 0 Å². The van der Waals surface area contributed by atoms with E-state index >= 15 is 0 Å². The molecule has 1 aromatic carbocycles. The first kappa shape index (κ1) is 12.9. The Morgan fingerprint density at radius 3 is 2.72 bits per heavy atom. The van der Waals surface area contributed by atoms with Crippen LogP contribution in [0.2, 0.25) is 10.0 Å². The maximum Gasteiger partial charge on any atom is 0.257 e. The van der Waals surface area contributed by atoms with Crippen LogP contribution in [-0.2, 0) is 6.42 Å². The van der Waals surface area contributed by atoms with E-state index in [2.05, 4.69) is 9.97 Å². The fourth-order valence-electron chi connectivity index (χ4n) is 1.50. The molecule has 94 valence electrons. The Hall–Kier alpha value is -1.52. The standard InChI is InChI=1S/C12H10Cl2N2O2/c1-6-11(17)15-10(16-12(6)18)4-7-2-3-8(13)5-9(7)14/h2-3,5H,4H2,1H3,(H2,15,16,17,18). The Kier molecular flexibility index (Phi) is 3.59. The number of H-pyrrole nitrogens is 1. The van der Waals surface area contributed by atoms with Crippen LogP contribution in [0.3, 0.4) is 0 Å². The number of benzene rings is 1.